The number of rotatable bonds is 4. The van der Waals surface area contributed by atoms with Crippen molar-refractivity contribution in [3.63, 3.8) is 0 Å². The molecule has 2 N–H and O–H groups in total. The molecule has 0 aliphatic carbocycles. The van der Waals surface area contributed by atoms with Crippen LogP contribution in [0.2, 0.25) is 5.02 Å². The molecule has 0 aromatic heterocycles. The second-order valence-electron chi connectivity index (χ2n) is 7.09. The van der Waals surface area contributed by atoms with Crippen molar-refractivity contribution in [1.82, 2.24) is 5.32 Å². The molecule has 0 amide bonds. The molecular weight excluding hydrogens is 284 g/mol. The maximum absolute atomic E-state index is 9.79. The number of hydrogen-bond donors (Lipinski definition) is 2. The number of benzene rings is 1. The van der Waals surface area contributed by atoms with Crippen LogP contribution in [0.4, 0.5) is 5.69 Å². The van der Waals surface area contributed by atoms with E-state index in [-0.39, 0.29) is 11.6 Å². The van der Waals surface area contributed by atoms with Crippen molar-refractivity contribution < 1.29 is 5.11 Å². The molecule has 1 aliphatic heterocycles. The molecule has 118 valence electrons. The van der Waals surface area contributed by atoms with Crippen LogP contribution in [0.1, 0.15) is 39.7 Å². The van der Waals surface area contributed by atoms with E-state index in [1.165, 1.54) is 5.56 Å². The Bertz CT molecular complexity index is 482. The number of aliphatic hydroxyl groups excluding tert-OH is 1. The molecule has 1 aromatic rings. The van der Waals surface area contributed by atoms with Crippen LogP contribution in [0, 0.1) is 5.92 Å². The van der Waals surface area contributed by atoms with Gasteiger partial charge in [0, 0.05) is 31.1 Å². The van der Waals surface area contributed by atoms with E-state index in [0.29, 0.717) is 5.92 Å². The monoisotopic (exact) mass is 310 g/mol. The first-order valence-electron chi connectivity index (χ1n) is 7.73. The van der Waals surface area contributed by atoms with Gasteiger partial charge in [0.25, 0.3) is 0 Å². The number of hydrogen-bond acceptors (Lipinski definition) is 3. The van der Waals surface area contributed by atoms with Crippen molar-refractivity contribution in [2.24, 2.45) is 5.92 Å². The lowest BCUT2D eigenvalue weighted by atomic mass is 10.0. The Morgan fingerprint density at radius 3 is 2.71 bits per heavy atom. The maximum Gasteiger partial charge on any atom is 0.0642 e. The summed E-state index contributed by atoms with van der Waals surface area (Å²) in [5, 5.41) is 14.1. The minimum Gasteiger partial charge on any atom is -0.393 e. The number of nitrogens with zero attached hydrogens (tertiary/aromatic N) is 1. The molecule has 1 heterocycles. The van der Waals surface area contributed by atoms with E-state index in [1.54, 1.807) is 0 Å². The second kappa shape index (κ2) is 6.55. The largest absolute Gasteiger partial charge is 0.393 e. The zero-order chi connectivity index (χ0) is 15.6. The number of anilines is 1. The van der Waals surface area contributed by atoms with Crippen LogP contribution >= 0.6 is 11.6 Å². The predicted octanol–water partition coefficient (Wildman–Crippen LogP) is 3.44. The van der Waals surface area contributed by atoms with Gasteiger partial charge >= 0.3 is 0 Å². The van der Waals surface area contributed by atoms with E-state index in [2.05, 4.69) is 37.1 Å². The highest BCUT2D eigenvalue weighted by atomic mass is 35.5. The quantitative estimate of drug-likeness (QED) is 0.894. The third kappa shape index (κ3) is 4.35. The van der Waals surface area contributed by atoms with Gasteiger partial charge in [-0.25, -0.2) is 0 Å². The van der Waals surface area contributed by atoms with Gasteiger partial charge < -0.3 is 15.3 Å². The van der Waals surface area contributed by atoms with Crippen molar-refractivity contribution in [2.45, 2.75) is 52.3 Å². The van der Waals surface area contributed by atoms with Crippen LogP contribution in [0.3, 0.4) is 0 Å². The fraction of sp³-hybridized carbons (Fsp3) is 0.647. The first-order chi connectivity index (χ1) is 9.78. The van der Waals surface area contributed by atoms with Gasteiger partial charge in [-0.05, 0) is 45.7 Å². The first kappa shape index (κ1) is 16.6. The van der Waals surface area contributed by atoms with E-state index in [1.807, 2.05) is 19.1 Å². The van der Waals surface area contributed by atoms with Crippen LogP contribution in [-0.2, 0) is 6.54 Å². The van der Waals surface area contributed by atoms with Gasteiger partial charge in [-0.1, -0.05) is 23.7 Å². The molecule has 0 spiro atoms. The summed E-state index contributed by atoms with van der Waals surface area (Å²) in [6, 6.07) is 6.09. The molecule has 0 radical (unpaired) electrons. The van der Waals surface area contributed by atoms with Gasteiger partial charge in [0.15, 0.2) is 0 Å². The summed E-state index contributed by atoms with van der Waals surface area (Å²) in [7, 11) is 0. The summed E-state index contributed by atoms with van der Waals surface area (Å²) in [5.74, 6) is 0.338. The molecule has 0 saturated carbocycles. The van der Waals surface area contributed by atoms with E-state index in [0.717, 1.165) is 36.8 Å². The Balaban J connectivity index is 2.18. The number of halogens is 1. The van der Waals surface area contributed by atoms with E-state index in [4.69, 9.17) is 11.6 Å². The van der Waals surface area contributed by atoms with E-state index in [9.17, 15) is 5.11 Å². The molecule has 4 heteroatoms. The average Bonchev–Trinajstić information content (AvgIpc) is 2.85. The highest BCUT2D eigenvalue weighted by Crippen LogP contribution is 2.34. The molecule has 2 unspecified atom stereocenters. The molecule has 0 bridgehead atoms. The third-order valence-electron chi connectivity index (χ3n) is 4.10. The van der Waals surface area contributed by atoms with Crippen molar-refractivity contribution in [3.8, 4) is 0 Å². The first-order valence-corrected chi connectivity index (χ1v) is 8.11. The minimum atomic E-state index is -0.256. The van der Waals surface area contributed by atoms with E-state index >= 15 is 0 Å². The average molecular weight is 311 g/mol. The van der Waals surface area contributed by atoms with Gasteiger partial charge in [-0.2, -0.15) is 0 Å². The fourth-order valence-corrected chi connectivity index (χ4v) is 3.11. The Labute approximate surface area is 133 Å². The topological polar surface area (TPSA) is 35.5 Å². The fourth-order valence-electron chi connectivity index (χ4n) is 2.80. The van der Waals surface area contributed by atoms with Crippen LogP contribution in [0.5, 0.6) is 0 Å². The zero-order valence-corrected chi connectivity index (χ0v) is 14.2. The highest BCUT2D eigenvalue weighted by molar-refractivity contribution is 6.33. The Morgan fingerprint density at radius 1 is 1.43 bits per heavy atom. The van der Waals surface area contributed by atoms with Gasteiger partial charge in [0.1, 0.15) is 0 Å². The number of para-hydroxylation sites is 1. The van der Waals surface area contributed by atoms with Crippen LogP contribution < -0.4 is 10.2 Å². The Morgan fingerprint density at radius 2 is 2.14 bits per heavy atom. The molecule has 1 fully saturated rings. The molecule has 3 nitrogen and oxygen atoms in total. The molecule has 1 aromatic carbocycles. The number of aliphatic hydroxyl groups is 1. The second-order valence-corrected chi connectivity index (χ2v) is 7.49. The minimum absolute atomic E-state index is 0.0761. The van der Waals surface area contributed by atoms with Gasteiger partial charge in [-0.15, -0.1) is 0 Å². The summed E-state index contributed by atoms with van der Waals surface area (Å²) in [4.78, 5) is 2.32. The van der Waals surface area contributed by atoms with Crippen LogP contribution in [-0.4, -0.2) is 29.8 Å². The van der Waals surface area contributed by atoms with Crippen molar-refractivity contribution >= 4 is 17.3 Å². The summed E-state index contributed by atoms with van der Waals surface area (Å²) in [6.45, 7) is 11.0. The smallest absolute Gasteiger partial charge is 0.0642 e. The summed E-state index contributed by atoms with van der Waals surface area (Å²) < 4.78 is 0. The molecular formula is C17H27ClN2O. The Kier molecular flexibility index (Phi) is 5.18. The van der Waals surface area contributed by atoms with Crippen molar-refractivity contribution in [2.75, 3.05) is 18.0 Å². The van der Waals surface area contributed by atoms with Crippen molar-refractivity contribution in [1.29, 1.82) is 0 Å². The van der Waals surface area contributed by atoms with E-state index < -0.39 is 0 Å². The zero-order valence-electron chi connectivity index (χ0n) is 13.5. The standard InChI is InChI=1S/C17H27ClN2O/c1-12(21)14-8-9-20(11-14)16-13(6-5-7-15(16)18)10-19-17(2,3)4/h5-7,12,14,19,21H,8-11H2,1-4H3. The van der Waals surface area contributed by atoms with Crippen LogP contribution in [0.15, 0.2) is 18.2 Å². The summed E-state index contributed by atoms with van der Waals surface area (Å²) >= 11 is 6.45. The Hall–Kier alpha value is -0.770. The van der Waals surface area contributed by atoms with Crippen molar-refractivity contribution in [3.05, 3.63) is 28.8 Å². The van der Waals surface area contributed by atoms with Gasteiger partial charge in [-0.3, -0.25) is 0 Å². The maximum atomic E-state index is 9.79. The molecule has 1 aliphatic rings. The van der Waals surface area contributed by atoms with Gasteiger partial charge in [0.05, 0.1) is 16.8 Å². The lowest BCUT2D eigenvalue weighted by Gasteiger charge is -2.26. The molecule has 2 rings (SSSR count). The summed E-state index contributed by atoms with van der Waals surface area (Å²) in [6.07, 6.45) is 0.767. The van der Waals surface area contributed by atoms with Crippen LogP contribution in [0.25, 0.3) is 0 Å². The lowest BCUT2D eigenvalue weighted by molar-refractivity contribution is 0.136. The predicted molar refractivity (Wildman–Crippen MR) is 90.0 cm³/mol. The third-order valence-corrected chi connectivity index (χ3v) is 4.41. The highest BCUT2D eigenvalue weighted by Gasteiger charge is 2.28. The SMILES string of the molecule is CC(O)C1CCN(c2c(Cl)cccc2CNC(C)(C)C)C1. The van der Waals surface area contributed by atoms with Gasteiger partial charge in [0.2, 0.25) is 0 Å². The summed E-state index contributed by atoms with van der Waals surface area (Å²) in [5.41, 5.74) is 2.43. The number of nitrogens with one attached hydrogen (secondary N) is 1. The molecule has 21 heavy (non-hydrogen) atoms. The lowest BCUT2D eigenvalue weighted by Crippen LogP contribution is -2.35. The molecule has 2 atom stereocenters. The molecule has 1 saturated heterocycles. The normalized spacial score (nSPS) is 20.9.